The molecule has 0 fully saturated rings. The van der Waals surface area contributed by atoms with Crippen molar-refractivity contribution in [2.45, 2.75) is 0 Å². The van der Waals surface area contributed by atoms with Crippen LogP contribution in [0.2, 0.25) is 0 Å². The summed E-state index contributed by atoms with van der Waals surface area (Å²) in [7, 11) is -3.63. The maximum Gasteiger partial charge on any atom is 2.00 e. The van der Waals surface area contributed by atoms with E-state index < -0.39 is 9.17 Å². The molecule has 0 rings (SSSR count). The van der Waals surface area contributed by atoms with E-state index in [0.717, 1.165) is 0 Å². The van der Waals surface area contributed by atoms with Crippen molar-refractivity contribution in [2.24, 2.45) is 0 Å². The second-order valence-corrected chi connectivity index (χ2v) is 0.750. The summed E-state index contributed by atoms with van der Waals surface area (Å²) in [5.41, 5.74) is 0. The van der Waals surface area contributed by atoms with Crippen LogP contribution in [-0.2, 0) is 4.46 Å². The van der Waals surface area contributed by atoms with Crippen LogP contribution >= 0.6 is 0 Å². The second-order valence-electron chi connectivity index (χ2n) is 0.250. The standard InChI is InChI=1S/Mg.Na.O3Si/c;;1-4(2)3/q+2;+1;-2. The van der Waals surface area contributed by atoms with Crippen molar-refractivity contribution < 1.29 is 43.6 Å². The summed E-state index contributed by atoms with van der Waals surface area (Å²) in [5, 5.41) is 0. The van der Waals surface area contributed by atoms with Crippen molar-refractivity contribution in [2.75, 3.05) is 0 Å². The molecule has 0 aliphatic rings. The van der Waals surface area contributed by atoms with Gasteiger partial charge in [0.15, 0.2) is 0 Å². The van der Waals surface area contributed by atoms with Crippen LogP contribution in [0.25, 0.3) is 0 Å². The predicted octanol–water partition coefficient (Wildman–Crippen LogP) is -6.25. The van der Waals surface area contributed by atoms with E-state index in [9.17, 15) is 0 Å². The summed E-state index contributed by atoms with van der Waals surface area (Å²) in [5.74, 6) is 0. The van der Waals surface area contributed by atoms with E-state index in [0.29, 0.717) is 0 Å². The molecule has 0 bridgehead atoms. The van der Waals surface area contributed by atoms with E-state index in [1.54, 1.807) is 0 Å². The maximum atomic E-state index is 8.52. The molecular formula is MgNaO3Si+. The van der Waals surface area contributed by atoms with Crippen LogP contribution < -0.4 is 39.1 Å². The Morgan fingerprint density at radius 3 is 1.33 bits per heavy atom. The van der Waals surface area contributed by atoms with Gasteiger partial charge in [-0.1, -0.05) is 0 Å². The molecule has 0 saturated carbocycles. The molecule has 0 aliphatic carbocycles. The fourth-order valence-electron chi connectivity index (χ4n) is 0. The first-order chi connectivity index (χ1) is 1.73. The van der Waals surface area contributed by atoms with Crippen LogP contribution in [0.5, 0.6) is 0 Å². The Morgan fingerprint density at radius 1 is 1.33 bits per heavy atom. The Morgan fingerprint density at radius 2 is 1.33 bits per heavy atom. The van der Waals surface area contributed by atoms with E-state index in [1.807, 2.05) is 0 Å². The SMILES string of the molecule is O=[Si]([O-])[O-].[Mg+2].[Na+]. The largest absolute Gasteiger partial charge is 2.00 e. The van der Waals surface area contributed by atoms with Crippen molar-refractivity contribution in [1.29, 1.82) is 0 Å². The molecule has 0 spiro atoms. The number of hydrogen-bond acceptors (Lipinski definition) is 3. The topological polar surface area (TPSA) is 63.2 Å². The van der Waals surface area contributed by atoms with E-state index in [4.69, 9.17) is 14.1 Å². The Kier molecular flexibility index (Phi) is 25.1. The van der Waals surface area contributed by atoms with Crippen molar-refractivity contribution in [1.82, 2.24) is 0 Å². The molecule has 0 saturated heterocycles. The van der Waals surface area contributed by atoms with Crippen LogP contribution in [0.1, 0.15) is 0 Å². The van der Waals surface area contributed by atoms with Gasteiger partial charge >= 0.3 is 52.6 Å². The molecular weight excluding hydrogens is 123 g/mol. The van der Waals surface area contributed by atoms with Crippen LogP contribution in [0.15, 0.2) is 0 Å². The molecule has 0 aromatic rings. The third kappa shape index (κ3) is 54.1. The number of rotatable bonds is 0. The Labute approximate surface area is 75.1 Å². The molecule has 0 heterocycles. The molecule has 0 atom stereocenters. The molecule has 0 amide bonds. The first-order valence-corrected chi connectivity index (χ1v) is 1.84. The van der Waals surface area contributed by atoms with Gasteiger partial charge in [0, 0.05) is 9.17 Å². The minimum Gasteiger partial charge on any atom is -0.672 e. The van der Waals surface area contributed by atoms with Gasteiger partial charge in [-0.15, -0.1) is 0 Å². The zero-order valence-electron chi connectivity index (χ0n) is 3.43. The normalized spacial score (nSPS) is 4.00. The van der Waals surface area contributed by atoms with Gasteiger partial charge in [0.25, 0.3) is 0 Å². The number of hydrogen-bond donors (Lipinski definition) is 0. The fourth-order valence-corrected chi connectivity index (χ4v) is 0. The summed E-state index contributed by atoms with van der Waals surface area (Å²) < 4.78 is 8.52. The Balaban J connectivity index is -0.0000000450. The van der Waals surface area contributed by atoms with Gasteiger partial charge in [-0.05, 0) is 0 Å². The Hall–Kier alpha value is 1.38. The van der Waals surface area contributed by atoms with Crippen molar-refractivity contribution in [3.8, 4) is 0 Å². The summed E-state index contributed by atoms with van der Waals surface area (Å²) in [6.07, 6.45) is 0. The molecule has 0 aromatic carbocycles. The van der Waals surface area contributed by atoms with Crippen LogP contribution in [0.3, 0.4) is 0 Å². The van der Waals surface area contributed by atoms with E-state index >= 15 is 0 Å². The monoisotopic (exact) mass is 123 g/mol. The molecule has 0 N–H and O–H groups in total. The smallest absolute Gasteiger partial charge is 0.672 e. The summed E-state index contributed by atoms with van der Waals surface area (Å²) in [6, 6.07) is 0. The predicted molar refractivity (Wildman–Crippen MR) is 12.2 cm³/mol. The summed E-state index contributed by atoms with van der Waals surface area (Å²) >= 11 is 0. The van der Waals surface area contributed by atoms with Gasteiger partial charge in [0.1, 0.15) is 0 Å². The van der Waals surface area contributed by atoms with Gasteiger partial charge in [-0.3, -0.25) is 0 Å². The molecule has 0 aromatic heterocycles. The third-order valence-corrected chi connectivity index (χ3v) is 0. The molecule has 0 radical (unpaired) electrons. The molecule has 6 heavy (non-hydrogen) atoms. The first kappa shape index (κ1) is 15.7. The summed E-state index contributed by atoms with van der Waals surface area (Å²) in [4.78, 5) is 17.0. The third-order valence-electron chi connectivity index (χ3n) is 0. The van der Waals surface area contributed by atoms with E-state index in [1.165, 1.54) is 0 Å². The van der Waals surface area contributed by atoms with E-state index in [-0.39, 0.29) is 52.6 Å². The zero-order valence-corrected chi connectivity index (χ0v) is 7.85. The van der Waals surface area contributed by atoms with Crippen LogP contribution in [0, 0.1) is 0 Å². The molecule has 6 heteroatoms. The minimum absolute atomic E-state index is 0. The summed E-state index contributed by atoms with van der Waals surface area (Å²) in [6.45, 7) is 0. The van der Waals surface area contributed by atoms with Crippen molar-refractivity contribution in [3.05, 3.63) is 0 Å². The van der Waals surface area contributed by atoms with Gasteiger partial charge < -0.3 is 14.1 Å². The first-order valence-electron chi connectivity index (χ1n) is 0.612. The molecule has 3 nitrogen and oxygen atoms in total. The van der Waals surface area contributed by atoms with E-state index in [2.05, 4.69) is 0 Å². The zero-order chi connectivity index (χ0) is 3.58. The molecule has 24 valence electrons. The van der Waals surface area contributed by atoms with Gasteiger partial charge in [0.05, 0.1) is 0 Å². The van der Waals surface area contributed by atoms with Crippen LogP contribution in [0.4, 0.5) is 0 Å². The second kappa shape index (κ2) is 9.63. The average Bonchev–Trinajstić information content (AvgIpc) is 0.811. The van der Waals surface area contributed by atoms with Crippen LogP contribution in [-0.4, -0.2) is 32.2 Å². The minimum atomic E-state index is -3.63. The molecule has 0 aliphatic heterocycles. The van der Waals surface area contributed by atoms with Gasteiger partial charge in [0.2, 0.25) is 0 Å². The van der Waals surface area contributed by atoms with Crippen molar-refractivity contribution >= 4 is 32.2 Å². The van der Waals surface area contributed by atoms with Gasteiger partial charge in [-0.2, -0.15) is 0 Å². The average molecular weight is 123 g/mol. The quantitative estimate of drug-likeness (QED) is 0.301. The maximum absolute atomic E-state index is 8.52. The van der Waals surface area contributed by atoms with Crippen molar-refractivity contribution in [3.63, 3.8) is 0 Å². The fraction of sp³-hybridized carbons (Fsp3) is 0. The Bertz CT molecular complexity index is 33.8. The van der Waals surface area contributed by atoms with Gasteiger partial charge in [-0.25, -0.2) is 0 Å². The molecule has 0 unspecified atom stereocenters.